The quantitative estimate of drug-likeness (QED) is 0.819. The molecule has 21 heavy (non-hydrogen) atoms. The number of nitrogens with one attached hydrogen (secondary N) is 1. The SMILES string of the molecule is CC(CC(=O)N1CCOCC1)NC(CO)c1ccccc1. The van der Waals surface area contributed by atoms with E-state index in [1.54, 1.807) is 0 Å². The zero-order valence-corrected chi connectivity index (χ0v) is 12.5. The Morgan fingerprint density at radius 3 is 2.62 bits per heavy atom. The highest BCUT2D eigenvalue weighted by Crippen LogP contribution is 2.13. The Balaban J connectivity index is 1.85. The maximum Gasteiger partial charge on any atom is 0.224 e. The molecular weight excluding hydrogens is 268 g/mol. The van der Waals surface area contributed by atoms with Gasteiger partial charge in [-0.1, -0.05) is 30.3 Å². The van der Waals surface area contributed by atoms with Crippen LogP contribution in [-0.2, 0) is 9.53 Å². The van der Waals surface area contributed by atoms with E-state index in [1.165, 1.54) is 0 Å². The molecular formula is C16H24N2O3. The lowest BCUT2D eigenvalue weighted by Crippen LogP contribution is -2.44. The third-order valence-corrected chi connectivity index (χ3v) is 3.71. The smallest absolute Gasteiger partial charge is 0.224 e. The minimum atomic E-state index is -0.140. The van der Waals surface area contributed by atoms with Gasteiger partial charge < -0.3 is 20.1 Å². The minimum Gasteiger partial charge on any atom is -0.394 e. The van der Waals surface area contributed by atoms with Gasteiger partial charge in [-0.25, -0.2) is 0 Å². The predicted molar refractivity (Wildman–Crippen MR) is 80.9 cm³/mol. The Labute approximate surface area is 125 Å². The van der Waals surface area contributed by atoms with E-state index in [0.29, 0.717) is 32.7 Å². The van der Waals surface area contributed by atoms with Crippen molar-refractivity contribution >= 4 is 5.91 Å². The van der Waals surface area contributed by atoms with Gasteiger partial charge in [-0.05, 0) is 12.5 Å². The summed E-state index contributed by atoms with van der Waals surface area (Å²) in [6.45, 7) is 4.58. The number of amides is 1. The number of hydrogen-bond acceptors (Lipinski definition) is 4. The van der Waals surface area contributed by atoms with E-state index in [1.807, 2.05) is 42.2 Å². The monoisotopic (exact) mass is 292 g/mol. The molecule has 0 spiro atoms. The molecule has 0 aliphatic carbocycles. The first-order valence-corrected chi connectivity index (χ1v) is 7.48. The molecule has 1 aliphatic heterocycles. The zero-order chi connectivity index (χ0) is 15.1. The van der Waals surface area contributed by atoms with Gasteiger partial charge in [0.15, 0.2) is 0 Å². The highest BCUT2D eigenvalue weighted by molar-refractivity contribution is 5.76. The molecule has 0 radical (unpaired) electrons. The summed E-state index contributed by atoms with van der Waals surface area (Å²) in [4.78, 5) is 14.0. The second kappa shape index (κ2) is 8.12. The van der Waals surface area contributed by atoms with Crippen LogP contribution in [0, 0.1) is 0 Å². The summed E-state index contributed by atoms with van der Waals surface area (Å²) in [5, 5.41) is 12.9. The van der Waals surface area contributed by atoms with E-state index in [0.717, 1.165) is 5.56 Å². The van der Waals surface area contributed by atoms with Gasteiger partial charge in [0.25, 0.3) is 0 Å². The fourth-order valence-corrected chi connectivity index (χ4v) is 2.55. The van der Waals surface area contributed by atoms with Crippen molar-refractivity contribution in [3.8, 4) is 0 Å². The van der Waals surface area contributed by atoms with E-state index in [9.17, 15) is 9.90 Å². The van der Waals surface area contributed by atoms with Crippen LogP contribution in [0.1, 0.15) is 24.9 Å². The Bertz CT molecular complexity index is 432. The number of carbonyl (C=O) groups is 1. The molecule has 1 saturated heterocycles. The van der Waals surface area contributed by atoms with Crippen LogP contribution in [0.3, 0.4) is 0 Å². The van der Waals surface area contributed by atoms with Crippen LogP contribution in [0.15, 0.2) is 30.3 Å². The topological polar surface area (TPSA) is 61.8 Å². The van der Waals surface area contributed by atoms with Gasteiger partial charge in [0.05, 0.1) is 25.9 Å². The molecule has 1 fully saturated rings. The summed E-state index contributed by atoms with van der Waals surface area (Å²) < 4.78 is 5.25. The average molecular weight is 292 g/mol. The Hall–Kier alpha value is -1.43. The number of carbonyl (C=O) groups excluding carboxylic acids is 1. The molecule has 2 atom stereocenters. The molecule has 2 unspecified atom stereocenters. The number of rotatable bonds is 6. The van der Waals surface area contributed by atoms with Crippen LogP contribution in [0.2, 0.25) is 0 Å². The molecule has 1 aliphatic rings. The second-order valence-electron chi connectivity index (χ2n) is 5.41. The summed E-state index contributed by atoms with van der Waals surface area (Å²) in [6.07, 6.45) is 0.434. The van der Waals surface area contributed by atoms with Crippen molar-refractivity contribution < 1.29 is 14.6 Å². The lowest BCUT2D eigenvalue weighted by Gasteiger charge is -2.29. The molecule has 116 valence electrons. The van der Waals surface area contributed by atoms with Crippen LogP contribution >= 0.6 is 0 Å². The van der Waals surface area contributed by atoms with Crippen LogP contribution < -0.4 is 5.32 Å². The molecule has 5 nitrogen and oxygen atoms in total. The van der Waals surface area contributed by atoms with Crippen LogP contribution in [-0.4, -0.2) is 54.9 Å². The number of aliphatic hydroxyl groups is 1. The largest absolute Gasteiger partial charge is 0.394 e. The van der Waals surface area contributed by atoms with Crippen molar-refractivity contribution in [3.05, 3.63) is 35.9 Å². The molecule has 1 aromatic carbocycles. The highest BCUT2D eigenvalue weighted by Gasteiger charge is 2.20. The Morgan fingerprint density at radius 2 is 2.00 bits per heavy atom. The lowest BCUT2D eigenvalue weighted by molar-refractivity contribution is -0.135. The van der Waals surface area contributed by atoms with Crippen molar-refractivity contribution in [2.75, 3.05) is 32.9 Å². The zero-order valence-electron chi connectivity index (χ0n) is 12.5. The van der Waals surface area contributed by atoms with Crippen molar-refractivity contribution in [2.45, 2.75) is 25.4 Å². The summed E-state index contributed by atoms with van der Waals surface area (Å²) in [7, 11) is 0. The van der Waals surface area contributed by atoms with Gasteiger partial charge >= 0.3 is 0 Å². The molecule has 0 saturated carbocycles. The van der Waals surface area contributed by atoms with Crippen molar-refractivity contribution in [3.63, 3.8) is 0 Å². The van der Waals surface area contributed by atoms with E-state index in [4.69, 9.17) is 4.74 Å². The van der Waals surface area contributed by atoms with Gasteiger partial charge in [-0.15, -0.1) is 0 Å². The molecule has 1 amide bonds. The van der Waals surface area contributed by atoms with Crippen molar-refractivity contribution in [1.29, 1.82) is 0 Å². The minimum absolute atomic E-state index is 0.0118. The van der Waals surface area contributed by atoms with Crippen LogP contribution in [0.4, 0.5) is 0 Å². The Morgan fingerprint density at radius 1 is 1.33 bits per heavy atom. The molecule has 2 rings (SSSR count). The fraction of sp³-hybridized carbons (Fsp3) is 0.562. The van der Waals surface area contributed by atoms with E-state index in [2.05, 4.69) is 5.32 Å². The molecule has 5 heteroatoms. The normalized spacial score (nSPS) is 18.3. The fourth-order valence-electron chi connectivity index (χ4n) is 2.55. The summed E-state index contributed by atoms with van der Waals surface area (Å²) in [6, 6.07) is 9.67. The number of ether oxygens (including phenoxy) is 1. The van der Waals surface area contributed by atoms with Gasteiger partial charge in [0, 0.05) is 25.6 Å². The summed E-state index contributed by atoms with van der Waals surface area (Å²) in [5.74, 6) is 0.142. The maximum atomic E-state index is 12.2. The number of benzene rings is 1. The number of nitrogens with zero attached hydrogens (tertiary/aromatic N) is 1. The first kappa shape index (κ1) is 15.9. The van der Waals surface area contributed by atoms with Crippen LogP contribution in [0.5, 0.6) is 0 Å². The summed E-state index contributed by atoms with van der Waals surface area (Å²) >= 11 is 0. The highest BCUT2D eigenvalue weighted by atomic mass is 16.5. The molecule has 1 heterocycles. The first-order valence-electron chi connectivity index (χ1n) is 7.48. The number of aliphatic hydroxyl groups excluding tert-OH is 1. The molecule has 2 N–H and O–H groups in total. The van der Waals surface area contributed by atoms with E-state index >= 15 is 0 Å². The Kier molecular flexibility index (Phi) is 6.17. The standard InChI is InChI=1S/C16H24N2O3/c1-13(11-16(20)18-7-9-21-10-8-18)17-15(12-19)14-5-3-2-4-6-14/h2-6,13,15,17,19H,7-12H2,1H3. The third kappa shape index (κ3) is 4.81. The van der Waals surface area contributed by atoms with E-state index < -0.39 is 0 Å². The maximum absolute atomic E-state index is 12.2. The molecule has 0 bridgehead atoms. The predicted octanol–water partition coefficient (Wildman–Crippen LogP) is 0.947. The van der Waals surface area contributed by atoms with Crippen molar-refractivity contribution in [2.24, 2.45) is 0 Å². The van der Waals surface area contributed by atoms with Gasteiger partial charge in [-0.2, -0.15) is 0 Å². The average Bonchev–Trinajstić information content (AvgIpc) is 2.54. The van der Waals surface area contributed by atoms with E-state index in [-0.39, 0.29) is 24.6 Å². The summed E-state index contributed by atoms with van der Waals surface area (Å²) in [5.41, 5.74) is 1.03. The second-order valence-corrected chi connectivity index (χ2v) is 5.41. The van der Waals surface area contributed by atoms with Gasteiger partial charge in [0.2, 0.25) is 5.91 Å². The number of morpholine rings is 1. The van der Waals surface area contributed by atoms with Crippen molar-refractivity contribution in [1.82, 2.24) is 10.2 Å². The third-order valence-electron chi connectivity index (χ3n) is 3.71. The number of hydrogen-bond donors (Lipinski definition) is 2. The van der Waals surface area contributed by atoms with Crippen LogP contribution in [0.25, 0.3) is 0 Å². The van der Waals surface area contributed by atoms with Gasteiger partial charge in [-0.3, -0.25) is 4.79 Å². The molecule has 0 aromatic heterocycles. The lowest BCUT2D eigenvalue weighted by atomic mass is 10.1. The van der Waals surface area contributed by atoms with Gasteiger partial charge in [0.1, 0.15) is 0 Å². The molecule has 1 aromatic rings. The first-order chi connectivity index (χ1) is 10.2.